The number of carboxylic acid groups (broad SMARTS) is 1. The lowest BCUT2D eigenvalue weighted by atomic mass is 11.6. The predicted molar refractivity (Wildman–Crippen MR) is 30.3 cm³/mol. The van der Waals surface area contributed by atoms with E-state index in [1.54, 1.807) is 0 Å². The Morgan fingerprint density at radius 1 is 1.27 bits per heavy atom. The van der Waals surface area contributed by atoms with Crippen LogP contribution < -0.4 is 0 Å². The van der Waals surface area contributed by atoms with E-state index in [4.69, 9.17) is 14.9 Å². The summed E-state index contributed by atoms with van der Waals surface area (Å²) in [7, 11) is -8.94. The zero-order chi connectivity index (χ0) is 9.65. The Morgan fingerprint density at radius 2 is 1.36 bits per heavy atom. The highest BCUT2D eigenvalue weighted by Crippen LogP contribution is 2.39. The Balaban J connectivity index is 0. The molecule has 0 fully saturated rings. The predicted octanol–water partition coefficient (Wildman–Crippen LogP) is 1.96. The maximum absolute atomic E-state index is 9.73. The molecular weight excluding hydrogens is 211 g/mol. The van der Waals surface area contributed by atoms with Gasteiger partial charge in [-0.15, -0.1) is 0 Å². The summed E-state index contributed by atoms with van der Waals surface area (Å²) in [5.41, 5.74) is -2.09. The van der Waals surface area contributed by atoms with Gasteiger partial charge in [0.2, 0.25) is 0 Å². The van der Waals surface area contributed by atoms with Crippen molar-refractivity contribution in [2.75, 3.05) is 0 Å². The second-order valence-electron chi connectivity index (χ2n) is 1.02. The van der Waals surface area contributed by atoms with Gasteiger partial charge >= 0.3 is 22.2 Å². The van der Waals surface area contributed by atoms with Crippen LogP contribution >= 0.6 is 16.4 Å². The monoisotopic (exact) mass is 214 g/mol. The average molecular weight is 214 g/mol. The quantitative estimate of drug-likeness (QED) is 0.579. The summed E-state index contributed by atoms with van der Waals surface area (Å²) in [5.74, 6) is 0. The highest BCUT2D eigenvalue weighted by atomic mass is 31.2. The Bertz CT molecular complexity index is 160. The third-order valence-electron chi connectivity index (χ3n) is 0.249. The Morgan fingerprint density at radius 3 is 1.36 bits per heavy atom. The van der Waals surface area contributed by atoms with Crippen molar-refractivity contribution in [2.24, 2.45) is 0 Å². The molecule has 0 saturated carbocycles. The summed E-state index contributed by atoms with van der Waals surface area (Å²) in [4.78, 5) is 24.5. The SMILES string of the molecule is FP(F)F.O=C(O)P(=O)(O)O. The van der Waals surface area contributed by atoms with Gasteiger partial charge in [0.05, 0.1) is 0 Å². The minimum atomic E-state index is -4.82. The second-order valence-corrected chi connectivity index (χ2v) is 2.87. The van der Waals surface area contributed by atoms with Crippen molar-refractivity contribution in [3.05, 3.63) is 0 Å². The molecule has 0 saturated heterocycles. The Kier molecular flexibility index (Phi) is 6.70. The highest BCUT2D eigenvalue weighted by Gasteiger charge is 2.23. The molecule has 0 radical (unpaired) electrons. The number of carbonyl (C=O) groups is 1. The topological polar surface area (TPSA) is 94.8 Å². The fourth-order valence-electron chi connectivity index (χ4n) is 0. The van der Waals surface area contributed by atoms with E-state index >= 15 is 0 Å². The molecule has 0 bridgehead atoms. The molecule has 10 heteroatoms. The summed E-state index contributed by atoms with van der Waals surface area (Å²) in [6, 6.07) is 0. The first-order chi connectivity index (χ1) is 4.68. The van der Waals surface area contributed by atoms with Crippen molar-refractivity contribution in [1.82, 2.24) is 0 Å². The maximum Gasteiger partial charge on any atom is 0.456 e. The first-order valence-corrected chi connectivity index (χ1v) is 4.37. The van der Waals surface area contributed by atoms with Crippen LogP contribution in [0.1, 0.15) is 0 Å². The molecule has 0 aliphatic carbocycles. The van der Waals surface area contributed by atoms with Crippen LogP contribution in [0.3, 0.4) is 0 Å². The summed E-state index contributed by atoms with van der Waals surface area (Å²) in [5, 5.41) is 7.49. The molecule has 0 aliphatic heterocycles. The fraction of sp³-hybridized carbons (Fsp3) is 0. The van der Waals surface area contributed by atoms with Crippen molar-refractivity contribution < 1.29 is 36.8 Å². The van der Waals surface area contributed by atoms with Crippen LogP contribution in [0.2, 0.25) is 0 Å². The van der Waals surface area contributed by atoms with Gasteiger partial charge in [0.15, 0.2) is 0 Å². The first kappa shape index (κ1) is 13.4. The van der Waals surface area contributed by atoms with Gasteiger partial charge in [-0.3, -0.25) is 0 Å². The average Bonchev–Trinajstić information content (AvgIpc) is 1.59. The van der Waals surface area contributed by atoms with E-state index in [9.17, 15) is 22.0 Å². The molecule has 3 N–H and O–H groups in total. The summed E-state index contributed by atoms with van der Waals surface area (Å²) in [6.07, 6.45) is 0. The molecule has 0 aromatic carbocycles. The molecule has 0 atom stereocenters. The maximum atomic E-state index is 9.73. The molecule has 0 heterocycles. The van der Waals surface area contributed by atoms with Gasteiger partial charge in [-0.2, -0.15) is 12.6 Å². The molecule has 0 aromatic rings. The van der Waals surface area contributed by atoms with E-state index in [0.29, 0.717) is 0 Å². The van der Waals surface area contributed by atoms with Gasteiger partial charge in [-0.05, 0) is 0 Å². The van der Waals surface area contributed by atoms with Crippen LogP contribution in [-0.2, 0) is 4.57 Å². The number of halogens is 3. The van der Waals surface area contributed by atoms with Gasteiger partial charge in [0.1, 0.15) is 0 Å². The molecule has 68 valence electrons. The molecule has 11 heavy (non-hydrogen) atoms. The molecule has 0 unspecified atom stereocenters. The standard InChI is InChI=1S/CH3O5P.F3P/c2-1(3)7(4,5)6;1-4(2)3/h(H,2,3)(H2,4,5,6);. The zero-order valence-corrected chi connectivity index (χ0v) is 6.48. The van der Waals surface area contributed by atoms with Gasteiger partial charge in [-0.1, -0.05) is 0 Å². The van der Waals surface area contributed by atoms with Crippen molar-refractivity contribution in [2.45, 2.75) is 0 Å². The Hall–Kier alpha value is -0.160. The van der Waals surface area contributed by atoms with Gasteiger partial charge in [0.25, 0.3) is 0 Å². The summed E-state index contributed by atoms with van der Waals surface area (Å²) < 4.78 is 38.6. The van der Waals surface area contributed by atoms with E-state index in [0.717, 1.165) is 0 Å². The molecule has 0 aliphatic rings. The van der Waals surface area contributed by atoms with Crippen molar-refractivity contribution in [1.29, 1.82) is 0 Å². The van der Waals surface area contributed by atoms with E-state index < -0.39 is 22.2 Å². The van der Waals surface area contributed by atoms with Crippen molar-refractivity contribution in [3.8, 4) is 0 Å². The zero-order valence-electron chi connectivity index (χ0n) is 4.69. The van der Waals surface area contributed by atoms with Crippen LogP contribution in [0, 0.1) is 0 Å². The number of hydrogen-bond donors (Lipinski definition) is 3. The first-order valence-electron chi connectivity index (χ1n) is 1.74. The van der Waals surface area contributed by atoms with Crippen LogP contribution in [-0.4, -0.2) is 20.6 Å². The minimum absolute atomic E-state index is 2.09. The summed E-state index contributed by atoms with van der Waals surface area (Å²) >= 11 is 0. The van der Waals surface area contributed by atoms with Crippen LogP contribution in [0.4, 0.5) is 17.4 Å². The van der Waals surface area contributed by atoms with Gasteiger partial charge in [0, 0.05) is 0 Å². The molecule has 0 rings (SSSR count). The molecule has 0 spiro atoms. The van der Waals surface area contributed by atoms with Crippen LogP contribution in [0.25, 0.3) is 0 Å². The fourth-order valence-corrected chi connectivity index (χ4v) is 0. The second kappa shape index (κ2) is 5.49. The van der Waals surface area contributed by atoms with Crippen molar-refractivity contribution >= 4 is 22.2 Å². The molecule has 0 amide bonds. The highest BCUT2D eigenvalue weighted by molar-refractivity contribution is 7.69. The summed E-state index contributed by atoms with van der Waals surface area (Å²) in [6.45, 7) is 0. The van der Waals surface area contributed by atoms with E-state index in [1.807, 2.05) is 0 Å². The third kappa shape index (κ3) is 17.7. The molecule has 0 aromatic heterocycles. The lowest BCUT2D eigenvalue weighted by molar-refractivity contribution is 0.208. The third-order valence-corrected chi connectivity index (χ3v) is 0.748. The number of rotatable bonds is 1. The largest absolute Gasteiger partial charge is 0.472 e. The van der Waals surface area contributed by atoms with Crippen LogP contribution in [0.15, 0.2) is 0 Å². The minimum Gasteiger partial charge on any atom is -0.472 e. The normalized spacial score (nSPS) is 10.4. The van der Waals surface area contributed by atoms with E-state index in [1.165, 1.54) is 0 Å². The van der Waals surface area contributed by atoms with Gasteiger partial charge < -0.3 is 14.9 Å². The van der Waals surface area contributed by atoms with Crippen LogP contribution in [0.5, 0.6) is 0 Å². The van der Waals surface area contributed by atoms with E-state index in [2.05, 4.69) is 0 Å². The molecular formula is CH3F3O5P2. The lowest BCUT2D eigenvalue weighted by Crippen LogP contribution is -1.90. The Labute approximate surface area is 60.1 Å². The molecule has 5 nitrogen and oxygen atoms in total. The number of hydrogen-bond acceptors (Lipinski definition) is 2. The van der Waals surface area contributed by atoms with Gasteiger partial charge in [-0.25, -0.2) is 9.36 Å². The smallest absolute Gasteiger partial charge is 0.456 e. The lowest BCUT2D eigenvalue weighted by Gasteiger charge is -1.90. The van der Waals surface area contributed by atoms with E-state index in [-0.39, 0.29) is 0 Å². The van der Waals surface area contributed by atoms with Crippen molar-refractivity contribution in [3.63, 3.8) is 0 Å².